The van der Waals surface area contributed by atoms with Crippen LogP contribution in [0.2, 0.25) is 0 Å². The summed E-state index contributed by atoms with van der Waals surface area (Å²) in [7, 11) is 0. The maximum atomic E-state index is 13.0. The van der Waals surface area contributed by atoms with Gasteiger partial charge in [0.05, 0.1) is 18.3 Å². The van der Waals surface area contributed by atoms with E-state index in [0.29, 0.717) is 16.9 Å². The summed E-state index contributed by atoms with van der Waals surface area (Å²) in [6, 6.07) is 12.3. The predicted molar refractivity (Wildman–Crippen MR) is 102 cm³/mol. The fourth-order valence-electron chi connectivity index (χ4n) is 3.06. The van der Waals surface area contributed by atoms with Gasteiger partial charge in [-0.25, -0.2) is 14.2 Å². The van der Waals surface area contributed by atoms with Crippen molar-refractivity contribution >= 4 is 17.8 Å². The lowest BCUT2D eigenvalue weighted by atomic mass is 10.1. The van der Waals surface area contributed by atoms with Crippen LogP contribution in [-0.2, 0) is 27.5 Å². The molecule has 0 spiro atoms. The van der Waals surface area contributed by atoms with E-state index in [0.717, 1.165) is 5.56 Å². The summed E-state index contributed by atoms with van der Waals surface area (Å²) >= 11 is 0. The monoisotopic (exact) mass is 408 g/mol. The Bertz CT molecular complexity index is 1070. The lowest BCUT2D eigenvalue weighted by molar-refractivity contribution is -0.139. The van der Waals surface area contributed by atoms with Gasteiger partial charge in [-0.05, 0) is 42.0 Å². The summed E-state index contributed by atoms with van der Waals surface area (Å²) in [5, 5.41) is 0. The molecule has 0 radical (unpaired) electrons. The molecule has 2 aromatic carbocycles. The Morgan fingerprint density at radius 1 is 1.03 bits per heavy atom. The molecule has 1 aromatic heterocycles. The smallest absolute Gasteiger partial charge is 0.338 e. The quantitative estimate of drug-likeness (QED) is 0.458. The molecule has 0 aliphatic carbocycles. The third-order valence-electron chi connectivity index (χ3n) is 4.69. The summed E-state index contributed by atoms with van der Waals surface area (Å²) in [5.74, 6) is -0.626. The van der Waals surface area contributed by atoms with E-state index in [-0.39, 0.29) is 49.5 Å². The summed E-state index contributed by atoms with van der Waals surface area (Å²) in [6.45, 7) is 0.0357. The van der Waals surface area contributed by atoms with Crippen LogP contribution in [0.25, 0.3) is 11.3 Å². The molecule has 1 fully saturated rings. The van der Waals surface area contributed by atoms with Gasteiger partial charge in [-0.2, -0.15) is 0 Å². The number of rotatable bonds is 6. The summed E-state index contributed by atoms with van der Waals surface area (Å²) in [5.41, 5.74) is 1.72. The first kappa shape index (κ1) is 19.5. The number of hydrogen-bond acceptors (Lipinski definition) is 6. The predicted octanol–water partition coefficient (Wildman–Crippen LogP) is 3.49. The molecule has 0 N–H and O–H groups in total. The van der Waals surface area contributed by atoms with Crippen LogP contribution in [0.1, 0.15) is 34.7 Å². The molecule has 0 bridgehead atoms. The van der Waals surface area contributed by atoms with Crippen molar-refractivity contribution in [3.8, 4) is 11.3 Å². The van der Waals surface area contributed by atoms with Crippen molar-refractivity contribution in [1.82, 2.24) is 9.88 Å². The van der Waals surface area contributed by atoms with E-state index >= 15 is 0 Å². The average Bonchev–Trinajstić information content (AvgIpc) is 3.35. The Balaban J connectivity index is 1.33. The summed E-state index contributed by atoms with van der Waals surface area (Å²) in [4.78, 5) is 40.9. The average molecular weight is 408 g/mol. The van der Waals surface area contributed by atoms with E-state index in [1.807, 2.05) is 0 Å². The SMILES string of the molecule is O=C(OCc1ncc(-c2ccc(F)cc2)o1)c1ccc(CN2C(=O)CCC2=O)cc1. The topological polar surface area (TPSA) is 89.7 Å². The molecule has 0 atom stereocenters. The number of aromatic nitrogens is 1. The molecule has 1 saturated heterocycles. The van der Waals surface area contributed by atoms with E-state index in [2.05, 4.69) is 4.98 Å². The van der Waals surface area contributed by atoms with Crippen molar-refractivity contribution in [2.75, 3.05) is 0 Å². The van der Waals surface area contributed by atoms with Crippen molar-refractivity contribution in [2.24, 2.45) is 0 Å². The zero-order valence-corrected chi connectivity index (χ0v) is 15.8. The van der Waals surface area contributed by atoms with Gasteiger partial charge in [-0.3, -0.25) is 14.5 Å². The van der Waals surface area contributed by atoms with Gasteiger partial charge in [-0.15, -0.1) is 0 Å². The largest absolute Gasteiger partial charge is 0.452 e. The Labute approximate surface area is 171 Å². The first-order valence-corrected chi connectivity index (χ1v) is 9.29. The number of carbonyl (C=O) groups is 3. The third-order valence-corrected chi connectivity index (χ3v) is 4.69. The van der Waals surface area contributed by atoms with Crippen LogP contribution in [0.5, 0.6) is 0 Å². The van der Waals surface area contributed by atoms with E-state index in [4.69, 9.17) is 9.15 Å². The van der Waals surface area contributed by atoms with Gasteiger partial charge in [0.2, 0.25) is 17.7 Å². The van der Waals surface area contributed by atoms with E-state index < -0.39 is 5.97 Å². The number of oxazole rings is 1. The minimum absolute atomic E-state index is 0.154. The Hall–Kier alpha value is -3.81. The van der Waals surface area contributed by atoms with Crippen molar-refractivity contribution in [3.63, 3.8) is 0 Å². The number of ether oxygens (including phenoxy) is 1. The fraction of sp³-hybridized carbons (Fsp3) is 0.182. The molecule has 2 amide bonds. The molecule has 3 aromatic rings. The Morgan fingerprint density at radius 2 is 1.70 bits per heavy atom. The number of hydrogen-bond donors (Lipinski definition) is 0. The van der Waals surface area contributed by atoms with Crippen molar-refractivity contribution in [1.29, 1.82) is 0 Å². The standard InChI is InChI=1S/C22H17FN2O5/c23-17-7-5-15(6-8-17)18-11-24-19(30-18)13-29-22(28)16-3-1-14(2-4-16)12-25-20(26)9-10-21(25)27/h1-8,11H,9-10,12-13H2. The lowest BCUT2D eigenvalue weighted by Crippen LogP contribution is -2.28. The number of esters is 1. The highest BCUT2D eigenvalue weighted by molar-refractivity contribution is 6.01. The van der Waals surface area contributed by atoms with Crippen LogP contribution in [0.4, 0.5) is 4.39 Å². The number of amides is 2. The second kappa shape index (κ2) is 8.28. The van der Waals surface area contributed by atoms with Crippen molar-refractivity contribution in [2.45, 2.75) is 26.0 Å². The Morgan fingerprint density at radius 3 is 2.37 bits per heavy atom. The van der Waals surface area contributed by atoms with Crippen LogP contribution >= 0.6 is 0 Å². The minimum atomic E-state index is -0.559. The molecule has 152 valence electrons. The van der Waals surface area contributed by atoms with E-state index in [1.54, 1.807) is 36.4 Å². The van der Waals surface area contributed by atoms with Gasteiger partial charge in [0.25, 0.3) is 0 Å². The van der Waals surface area contributed by atoms with Crippen molar-refractivity contribution in [3.05, 3.63) is 77.6 Å². The molecule has 7 nitrogen and oxygen atoms in total. The van der Waals surface area contributed by atoms with Gasteiger partial charge >= 0.3 is 5.97 Å². The number of imide groups is 1. The molecule has 2 heterocycles. The number of halogens is 1. The molecule has 30 heavy (non-hydrogen) atoms. The Kier molecular flexibility index (Phi) is 5.38. The van der Waals surface area contributed by atoms with E-state index in [9.17, 15) is 18.8 Å². The second-order valence-corrected chi connectivity index (χ2v) is 6.77. The van der Waals surface area contributed by atoms with Crippen LogP contribution in [0.3, 0.4) is 0 Å². The first-order valence-electron chi connectivity index (χ1n) is 9.29. The maximum Gasteiger partial charge on any atom is 0.338 e. The summed E-state index contributed by atoms with van der Waals surface area (Å²) in [6.07, 6.45) is 1.96. The number of likely N-dealkylation sites (tertiary alicyclic amines) is 1. The third kappa shape index (κ3) is 4.27. The molecular weight excluding hydrogens is 391 g/mol. The zero-order chi connectivity index (χ0) is 21.1. The van der Waals surface area contributed by atoms with Gasteiger partial charge in [0.1, 0.15) is 5.82 Å². The fourth-order valence-corrected chi connectivity index (χ4v) is 3.06. The number of benzene rings is 2. The molecule has 4 rings (SSSR count). The second-order valence-electron chi connectivity index (χ2n) is 6.77. The van der Waals surface area contributed by atoms with E-state index in [1.165, 1.54) is 23.2 Å². The maximum absolute atomic E-state index is 13.0. The van der Waals surface area contributed by atoms with Crippen LogP contribution in [0, 0.1) is 5.82 Å². The minimum Gasteiger partial charge on any atom is -0.452 e. The van der Waals surface area contributed by atoms with Gasteiger partial charge in [0, 0.05) is 18.4 Å². The van der Waals surface area contributed by atoms with Gasteiger partial charge in [0.15, 0.2) is 12.4 Å². The van der Waals surface area contributed by atoms with Crippen LogP contribution in [0.15, 0.2) is 59.1 Å². The highest BCUT2D eigenvalue weighted by Gasteiger charge is 2.28. The molecule has 0 unspecified atom stereocenters. The van der Waals surface area contributed by atoms with Crippen LogP contribution in [-0.4, -0.2) is 27.7 Å². The molecular formula is C22H17FN2O5. The highest BCUT2D eigenvalue weighted by atomic mass is 19.1. The number of carbonyl (C=O) groups excluding carboxylic acids is 3. The number of nitrogens with zero attached hydrogens (tertiary/aromatic N) is 2. The first-order chi connectivity index (χ1) is 14.5. The van der Waals surface area contributed by atoms with Gasteiger partial charge < -0.3 is 9.15 Å². The molecule has 1 aliphatic heterocycles. The normalized spacial score (nSPS) is 13.7. The van der Waals surface area contributed by atoms with Crippen molar-refractivity contribution < 1.29 is 27.9 Å². The molecule has 0 saturated carbocycles. The van der Waals surface area contributed by atoms with Gasteiger partial charge in [-0.1, -0.05) is 12.1 Å². The van der Waals surface area contributed by atoms with Crippen LogP contribution < -0.4 is 0 Å². The lowest BCUT2D eigenvalue weighted by Gasteiger charge is -2.13. The highest BCUT2D eigenvalue weighted by Crippen LogP contribution is 2.21. The molecule has 8 heteroatoms. The zero-order valence-electron chi connectivity index (χ0n) is 15.8. The summed E-state index contributed by atoms with van der Waals surface area (Å²) < 4.78 is 23.7. The molecule has 1 aliphatic rings.